The van der Waals surface area contributed by atoms with Gasteiger partial charge in [-0.25, -0.2) is 8.78 Å². The average molecular weight is 233 g/mol. The van der Waals surface area contributed by atoms with Gasteiger partial charge in [0.2, 0.25) is 0 Å². The minimum atomic E-state index is -1.60. The van der Waals surface area contributed by atoms with Crippen LogP contribution in [0.5, 0.6) is 5.75 Å². The predicted molar refractivity (Wildman–Crippen MR) is 50.5 cm³/mol. The molecule has 2 nitrogen and oxygen atoms in total. The molecule has 1 atom stereocenters. The standard InChI is InChI=1S/C10H7ClF2O2/c1-10(14)6-2-5(12)3-7(13)9(6)15-8(10)4-11/h2-4,14H,1H3/b8-4-. The smallest absolute Gasteiger partial charge is 0.169 e. The first-order valence-corrected chi connectivity index (χ1v) is 4.61. The molecule has 1 aromatic carbocycles. The van der Waals surface area contributed by atoms with E-state index >= 15 is 0 Å². The Balaban J connectivity index is 2.69. The maximum Gasteiger partial charge on any atom is 0.169 e. The van der Waals surface area contributed by atoms with Gasteiger partial charge in [-0.3, -0.25) is 0 Å². The zero-order valence-electron chi connectivity index (χ0n) is 7.72. The minimum Gasteiger partial charge on any atom is -0.454 e. The van der Waals surface area contributed by atoms with Crippen LogP contribution in [0.2, 0.25) is 0 Å². The van der Waals surface area contributed by atoms with Gasteiger partial charge in [0.05, 0.1) is 0 Å². The Morgan fingerprint density at radius 2 is 2.13 bits per heavy atom. The summed E-state index contributed by atoms with van der Waals surface area (Å²) >= 11 is 5.41. The van der Waals surface area contributed by atoms with Gasteiger partial charge < -0.3 is 9.84 Å². The van der Waals surface area contributed by atoms with Gasteiger partial charge in [-0.2, -0.15) is 0 Å². The van der Waals surface area contributed by atoms with E-state index in [0.29, 0.717) is 6.07 Å². The number of hydrogen-bond acceptors (Lipinski definition) is 2. The van der Waals surface area contributed by atoms with Gasteiger partial charge in [0, 0.05) is 17.2 Å². The SMILES string of the molecule is CC1(O)/C(=C/Cl)Oc2c(F)cc(F)cc21. The van der Waals surface area contributed by atoms with Crippen LogP contribution in [0.25, 0.3) is 0 Å². The maximum absolute atomic E-state index is 13.3. The van der Waals surface area contributed by atoms with Crippen molar-refractivity contribution in [1.82, 2.24) is 0 Å². The number of halogens is 3. The van der Waals surface area contributed by atoms with Crippen molar-refractivity contribution >= 4 is 11.6 Å². The Hall–Kier alpha value is -1.13. The summed E-state index contributed by atoms with van der Waals surface area (Å²) in [4.78, 5) is 0. The molecule has 1 aliphatic rings. The molecule has 1 aromatic rings. The molecule has 0 radical (unpaired) electrons. The van der Waals surface area contributed by atoms with Gasteiger partial charge in [-0.05, 0) is 13.0 Å². The van der Waals surface area contributed by atoms with Crippen LogP contribution >= 0.6 is 11.6 Å². The van der Waals surface area contributed by atoms with E-state index in [-0.39, 0.29) is 17.1 Å². The van der Waals surface area contributed by atoms with E-state index in [1.165, 1.54) is 6.92 Å². The normalized spacial score (nSPS) is 26.6. The van der Waals surface area contributed by atoms with Gasteiger partial charge in [0.25, 0.3) is 0 Å². The molecular weight excluding hydrogens is 226 g/mol. The molecule has 0 saturated carbocycles. The van der Waals surface area contributed by atoms with Crippen molar-refractivity contribution in [1.29, 1.82) is 0 Å². The Kier molecular flexibility index (Phi) is 2.20. The Morgan fingerprint density at radius 3 is 2.73 bits per heavy atom. The molecule has 0 fully saturated rings. The van der Waals surface area contributed by atoms with Crippen molar-refractivity contribution in [3.63, 3.8) is 0 Å². The topological polar surface area (TPSA) is 29.5 Å². The van der Waals surface area contributed by atoms with Gasteiger partial charge in [0.15, 0.2) is 17.3 Å². The lowest BCUT2D eigenvalue weighted by Gasteiger charge is -2.15. The lowest BCUT2D eigenvalue weighted by atomic mass is 9.96. The van der Waals surface area contributed by atoms with E-state index in [1.54, 1.807) is 0 Å². The van der Waals surface area contributed by atoms with Crippen LogP contribution < -0.4 is 4.74 Å². The summed E-state index contributed by atoms with van der Waals surface area (Å²) in [5, 5.41) is 9.94. The molecule has 0 aliphatic carbocycles. The van der Waals surface area contributed by atoms with Crippen molar-refractivity contribution in [3.05, 3.63) is 40.6 Å². The molecule has 80 valence electrons. The highest BCUT2D eigenvalue weighted by molar-refractivity contribution is 6.25. The highest BCUT2D eigenvalue weighted by Gasteiger charge is 2.41. The second-order valence-electron chi connectivity index (χ2n) is 3.41. The van der Waals surface area contributed by atoms with E-state index in [4.69, 9.17) is 16.3 Å². The maximum atomic E-state index is 13.3. The molecule has 1 N–H and O–H groups in total. The first-order chi connectivity index (χ1) is 6.96. The van der Waals surface area contributed by atoms with Gasteiger partial charge in [-0.15, -0.1) is 0 Å². The van der Waals surface area contributed by atoms with Crippen LogP contribution in [-0.4, -0.2) is 5.11 Å². The zero-order valence-corrected chi connectivity index (χ0v) is 8.48. The summed E-state index contributed by atoms with van der Waals surface area (Å²) in [6.45, 7) is 1.35. The summed E-state index contributed by atoms with van der Waals surface area (Å²) in [6, 6.07) is 1.71. The van der Waals surface area contributed by atoms with Crippen LogP contribution in [-0.2, 0) is 5.60 Å². The van der Waals surface area contributed by atoms with E-state index in [2.05, 4.69) is 0 Å². The first-order valence-electron chi connectivity index (χ1n) is 4.17. The second kappa shape index (κ2) is 3.18. The molecule has 0 aromatic heterocycles. The summed E-state index contributed by atoms with van der Waals surface area (Å²) in [6.07, 6.45) is 0. The molecule has 0 amide bonds. The number of hydrogen-bond donors (Lipinski definition) is 1. The zero-order chi connectivity index (χ0) is 11.2. The Morgan fingerprint density at radius 1 is 1.47 bits per heavy atom. The number of rotatable bonds is 0. The minimum absolute atomic E-state index is 0.0244. The number of aliphatic hydroxyl groups is 1. The Bertz CT molecular complexity index is 455. The third-order valence-electron chi connectivity index (χ3n) is 2.32. The molecular formula is C10H7ClF2O2. The average Bonchev–Trinajstić information content (AvgIpc) is 2.39. The van der Waals surface area contributed by atoms with E-state index < -0.39 is 17.2 Å². The molecule has 1 aliphatic heterocycles. The molecule has 0 bridgehead atoms. The van der Waals surface area contributed by atoms with E-state index in [1.807, 2.05) is 0 Å². The molecule has 1 heterocycles. The molecule has 0 saturated heterocycles. The molecule has 15 heavy (non-hydrogen) atoms. The second-order valence-corrected chi connectivity index (χ2v) is 3.63. The van der Waals surface area contributed by atoms with Crippen molar-refractivity contribution in [2.75, 3.05) is 0 Å². The highest BCUT2D eigenvalue weighted by atomic mass is 35.5. The number of fused-ring (bicyclic) bond motifs is 1. The van der Waals surface area contributed by atoms with Crippen LogP contribution in [0.1, 0.15) is 12.5 Å². The van der Waals surface area contributed by atoms with Gasteiger partial charge in [0.1, 0.15) is 11.4 Å². The number of ether oxygens (including phenoxy) is 1. The summed E-state index contributed by atoms with van der Waals surface area (Å²) in [7, 11) is 0. The van der Waals surface area contributed by atoms with Crippen molar-refractivity contribution in [2.24, 2.45) is 0 Å². The fourth-order valence-corrected chi connectivity index (χ4v) is 1.75. The largest absolute Gasteiger partial charge is 0.454 e. The van der Waals surface area contributed by atoms with Gasteiger partial charge >= 0.3 is 0 Å². The van der Waals surface area contributed by atoms with Crippen LogP contribution in [0.4, 0.5) is 8.78 Å². The fourth-order valence-electron chi connectivity index (χ4n) is 1.50. The van der Waals surface area contributed by atoms with E-state index in [0.717, 1.165) is 11.6 Å². The quantitative estimate of drug-likeness (QED) is 0.745. The lowest BCUT2D eigenvalue weighted by Crippen LogP contribution is -2.20. The van der Waals surface area contributed by atoms with Crippen LogP contribution in [0.15, 0.2) is 23.4 Å². The van der Waals surface area contributed by atoms with Crippen LogP contribution in [0.3, 0.4) is 0 Å². The number of benzene rings is 1. The third-order valence-corrected chi connectivity index (χ3v) is 2.52. The van der Waals surface area contributed by atoms with E-state index in [9.17, 15) is 13.9 Å². The highest BCUT2D eigenvalue weighted by Crippen LogP contribution is 2.45. The van der Waals surface area contributed by atoms with Gasteiger partial charge in [-0.1, -0.05) is 11.6 Å². The first kappa shape index (κ1) is 10.4. The fraction of sp³-hybridized carbons (Fsp3) is 0.200. The third kappa shape index (κ3) is 1.41. The summed E-state index contributed by atoms with van der Waals surface area (Å²) < 4.78 is 31.2. The molecule has 2 rings (SSSR count). The molecule has 5 heteroatoms. The lowest BCUT2D eigenvalue weighted by molar-refractivity contribution is 0.0800. The summed E-state index contributed by atoms with van der Waals surface area (Å²) in [5.41, 5.74) is -0.566. The molecule has 1 unspecified atom stereocenters. The van der Waals surface area contributed by atoms with Crippen molar-refractivity contribution in [2.45, 2.75) is 12.5 Å². The monoisotopic (exact) mass is 232 g/mol. The molecule has 0 spiro atoms. The van der Waals surface area contributed by atoms with Crippen molar-refractivity contribution < 1.29 is 18.6 Å². The predicted octanol–water partition coefficient (Wildman–Crippen LogP) is 2.64. The van der Waals surface area contributed by atoms with Crippen LogP contribution in [0, 0.1) is 11.6 Å². The van der Waals surface area contributed by atoms with Crippen molar-refractivity contribution in [3.8, 4) is 5.75 Å². The Labute approximate surface area is 89.7 Å². The summed E-state index contributed by atoms with van der Waals surface area (Å²) in [5.74, 6) is -1.85.